The van der Waals surface area contributed by atoms with Gasteiger partial charge < -0.3 is 0 Å². The van der Waals surface area contributed by atoms with E-state index in [1.54, 1.807) is 6.92 Å². The van der Waals surface area contributed by atoms with Gasteiger partial charge in [-0.05, 0) is 13.3 Å². The first-order valence-corrected chi connectivity index (χ1v) is 4.50. The van der Waals surface area contributed by atoms with Crippen LogP contribution in [0.25, 0.3) is 0 Å². The van der Waals surface area contributed by atoms with Gasteiger partial charge in [0.2, 0.25) is 0 Å². The summed E-state index contributed by atoms with van der Waals surface area (Å²) in [6.07, 6.45) is -3.41. The Labute approximate surface area is 79.9 Å². The Morgan fingerprint density at radius 3 is 2.36 bits per heavy atom. The summed E-state index contributed by atoms with van der Waals surface area (Å²) in [5, 5.41) is 7.00. The first kappa shape index (κ1) is 11.0. The van der Waals surface area contributed by atoms with Crippen molar-refractivity contribution in [3.05, 3.63) is 11.4 Å². The first-order valence-electron chi connectivity index (χ1n) is 4.50. The second kappa shape index (κ2) is 3.98. The van der Waals surface area contributed by atoms with Crippen LogP contribution in [0.3, 0.4) is 0 Å². The van der Waals surface area contributed by atoms with Crippen LogP contribution >= 0.6 is 0 Å². The van der Waals surface area contributed by atoms with Crippen molar-refractivity contribution in [2.45, 2.75) is 39.4 Å². The highest BCUT2D eigenvalue weighted by Gasteiger charge is 2.38. The zero-order chi connectivity index (χ0) is 10.8. The van der Waals surface area contributed by atoms with E-state index in [1.807, 2.05) is 6.92 Å². The molecule has 0 aliphatic rings. The molecule has 0 atom stereocenters. The van der Waals surface area contributed by atoms with Gasteiger partial charge >= 0.3 is 6.18 Å². The zero-order valence-electron chi connectivity index (χ0n) is 8.10. The van der Waals surface area contributed by atoms with E-state index in [2.05, 4.69) is 10.3 Å². The van der Waals surface area contributed by atoms with E-state index in [1.165, 1.54) is 0 Å². The molecule has 0 spiro atoms. The minimum Gasteiger partial charge on any atom is -0.240 e. The van der Waals surface area contributed by atoms with Gasteiger partial charge in [-0.15, -0.1) is 5.10 Å². The van der Waals surface area contributed by atoms with Gasteiger partial charge in [0.1, 0.15) is 0 Å². The number of nitrogens with zero attached hydrogens (tertiary/aromatic N) is 3. The van der Waals surface area contributed by atoms with Crippen LogP contribution < -0.4 is 0 Å². The van der Waals surface area contributed by atoms with Gasteiger partial charge in [-0.2, -0.15) is 13.2 Å². The summed E-state index contributed by atoms with van der Waals surface area (Å²) < 4.78 is 38.5. The van der Waals surface area contributed by atoms with Crippen molar-refractivity contribution in [1.29, 1.82) is 0 Å². The summed E-state index contributed by atoms with van der Waals surface area (Å²) in [6.45, 7) is 3.61. The van der Waals surface area contributed by atoms with E-state index in [-0.39, 0.29) is 12.2 Å². The third kappa shape index (κ3) is 2.05. The van der Waals surface area contributed by atoms with Crippen molar-refractivity contribution >= 4 is 0 Å². The molecule has 1 rings (SSSR count). The zero-order valence-corrected chi connectivity index (χ0v) is 8.10. The fourth-order valence-corrected chi connectivity index (χ4v) is 1.29. The van der Waals surface area contributed by atoms with E-state index in [0.29, 0.717) is 12.8 Å². The highest BCUT2D eigenvalue weighted by molar-refractivity contribution is 5.14. The van der Waals surface area contributed by atoms with Gasteiger partial charge in [0.05, 0.1) is 5.69 Å². The number of alkyl halides is 3. The predicted octanol–water partition coefficient (Wildman–Crippen LogP) is 2.27. The quantitative estimate of drug-likeness (QED) is 0.761. The first-order chi connectivity index (χ1) is 6.50. The normalized spacial score (nSPS) is 12.1. The minimum absolute atomic E-state index is 0.0434. The van der Waals surface area contributed by atoms with Crippen molar-refractivity contribution in [2.24, 2.45) is 0 Å². The number of aryl methyl sites for hydroxylation is 2. The smallest absolute Gasteiger partial charge is 0.240 e. The summed E-state index contributed by atoms with van der Waals surface area (Å²) in [5.74, 6) is 0. The predicted molar refractivity (Wildman–Crippen MR) is 44.7 cm³/mol. The average molecular weight is 207 g/mol. The summed E-state index contributed by atoms with van der Waals surface area (Å²) >= 11 is 0. The van der Waals surface area contributed by atoms with Crippen molar-refractivity contribution in [1.82, 2.24) is 15.0 Å². The molecule has 0 N–H and O–H groups in total. The van der Waals surface area contributed by atoms with E-state index in [9.17, 15) is 13.2 Å². The second-order valence-corrected chi connectivity index (χ2v) is 2.95. The Hall–Kier alpha value is -1.07. The van der Waals surface area contributed by atoms with E-state index < -0.39 is 11.9 Å². The molecule has 0 saturated carbocycles. The number of aromatic nitrogens is 3. The lowest BCUT2D eigenvalue weighted by Gasteiger charge is -2.08. The van der Waals surface area contributed by atoms with Crippen LogP contribution in [-0.4, -0.2) is 15.0 Å². The highest BCUT2D eigenvalue weighted by Crippen LogP contribution is 2.31. The van der Waals surface area contributed by atoms with E-state index in [4.69, 9.17) is 0 Å². The van der Waals surface area contributed by atoms with Crippen LogP contribution in [0.5, 0.6) is 0 Å². The number of hydrogen-bond donors (Lipinski definition) is 0. The summed E-state index contributed by atoms with van der Waals surface area (Å²) in [5.41, 5.74) is -0.663. The van der Waals surface area contributed by atoms with Crippen LogP contribution in [0.1, 0.15) is 31.7 Å². The molecular weight excluding hydrogens is 195 g/mol. The SMILES string of the molecule is CCCc1nnn(CC)c1C(F)(F)F. The fourth-order valence-electron chi connectivity index (χ4n) is 1.29. The van der Waals surface area contributed by atoms with E-state index >= 15 is 0 Å². The van der Waals surface area contributed by atoms with Crippen LogP contribution in [0.2, 0.25) is 0 Å². The Morgan fingerprint density at radius 2 is 1.93 bits per heavy atom. The molecule has 0 amide bonds. The van der Waals surface area contributed by atoms with Crippen LogP contribution in [0.4, 0.5) is 13.2 Å². The molecule has 1 heterocycles. The topological polar surface area (TPSA) is 30.7 Å². The highest BCUT2D eigenvalue weighted by atomic mass is 19.4. The van der Waals surface area contributed by atoms with Gasteiger partial charge in [-0.3, -0.25) is 0 Å². The molecule has 80 valence electrons. The van der Waals surface area contributed by atoms with Crippen LogP contribution in [0.15, 0.2) is 0 Å². The molecule has 0 aliphatic carbocycles. The lowest BCUT2D eigenvalue weighted by Crippen LogP contribution is -2.15. The van der Waals surface area contributed by atoms with Gasteiger partial charge in [0.15, 0.2) is 5.69 Å². The maximum Gasteiger partial charge on any atom is 0.434 e. The molecule has 0 saturated heterocycles. The van der Waals surface area contributed by atoms with Gasteiger partial charge in [0, 0.05) is 6.54 Å². The lowest BCUT2D eigenvalue weighted by molar-refractivity contribution is -0.144. The summed E-state index contributed by atoms with van der Waals surface area (Å²) in [4.78, 5) is 0. The largest absolute Gasteiger partial charge is 0.434 e. The molecule has 0 fully saturated rings. The second-order valence-electron chi connectivity index (χ2n) is 2.95. The average Bonchev–Trinajstić information content (AvgIpc) is 2.47. The Balaban J connectivity index is 3.13. The van der Waals surface area contributed by atoms with Gasteiger partial charge in [-0.1, -0.05) is 18.6 Å². The molecule has 0 aromatic carbocycles. The molecule has 0 radical (unpaired) electrons. The molecule has 0 aliphatic heterocycles. The molecule has 0 unspecified atom stereocenters. The molecule has 1 aromatic rings. The monoisotopic (exact) mass is 207 g/mol. The standard InChI is InChI=1S/C8H12F3N3/c1-3-5-6-7(8(9,10)11)14(4-2)13-12-6/h3-5H2,1-2H3. The minimum atomic E-state index is -4.36. The third-order valence-electron chi connectivity index (χ3n) is 1.86. The Kier molecular flexibility index (Phi) is 3.13. The fraction of sp³-hybridized carbons (Fsp3) is 0.750. The maximum absolute atomic E-state index is 12.6. The molecule has 0 bridgehead atoms. The lowest BCUT2D eigenvalue weighted by atomic mass is 10.2. The van der Waals surface area contributed by atoms with Crippen molar-refractivity contribution in [2.75, 3.05) is 0 Å². The Bertz CT molecular complexity index is 303. The Morgan fingerprint density at radius 1 is 1.29 bits per heavy atom. The van der Waals surface area contributed by atoms with Gasteiger partial charge in [0.25, 0.3) is 0 Å². The number of rotatable bonds is 3. The maximum atomic E-state index is 12.6. The summed E-state index contributed by atoms with van der Waals surface area (Å²) in [7, 11) is 0. The molecule has 6 heteroatoms. The van der Waals surface area contributed by atoms with Crippen molar-refractivity contribution < 1.29 is 13.2 Å². The van der Waals surface area contributed by atoms with Crippen LogP contribution in [-0.2, 0) is 19.1 Å². The van der Waals surface area contributed by atoms with Crippen molar-refractivity contribution in [3.63, 3.8) is 0 Å². The summed E-state index contributed by atoms with van der Waals surface area (Å²) in [6, 6.07) is 0. The number of hydrogen-bond acceptors (Lipinski definition) is 2. The molecule has 3 nitrogen and oxygen atoms in total. The number of halogens is 3. The van der Waals surface area contributed by atoms with E-state index in [0.717, 1.165) is 4.68 Å². The molecular formula is C8H12F3N3. The van der Waals surface area contributed by atoms with Crippen molar-refractivity contribution in [3.8, 4) is 0 Å². The van der Waals surface area contributed by atoms with Crippen LogP contribution in [0, 0.1) is 0 Å². The molecule has 1 aromatic heterocycles. The third-order valence-corrected chi connectivity index (χ3v) is 1.86. The molecule has 14 heavy (non-hydrogen) atoms. The van der Waals surface area contributed by atoms with Gasteiger partial charge in [-0.25, -0.2) is 4.68 Å².